The van der Waals surface area contributed by atoms with Gasteiger partial charge in [-0.15, -0.1) is 0 Å². The summed E-state index contributed by atoms with van der Waals surface area (Å²) in [6.45, 7) is 2.50. The molecule has 5 rings (SSSR count). The summed E-state index contributed by atoms with van der Waals surface area (Å²) in [6, 6.07) is 20.0. The van der Waals surface area contributed by atoms with E-state index in [1.54, 1.807) is 36.5 Å². The van der Waals surface area contributed by atoms with Gasteiger partial charge in [-0.2, -0.15) is 5.26 Å². The van der Waals surface area contributed by atoms with Crippen LogP contribution in [0.2, 0.25) is 5.02 Å². The molecule has 8 heteroatoms. The lowest BCUT2D eigenvalue weighted by molar-refractivity contribution is 0.205. The van der Waals surface area contributed by atoms with E-state index in [1.165, 1.54) is 12.3 Å². The molecule has 40 heavy (non-hydrogen) atoms. The maximum absolute atomic E-state index is 14.6. The van der Waals surface area contributed by atoms with Gasteiger partial charge >= 0.3 is 0 Å². The molecule has 6 nitrogen and oxygen atoms in total. The third-order valence-electron chi connectivity index (χ3n) is 7.00. The number of nitriles is 1. The largest absolute Gasteiger partial charge is 0.488 e. The van der Waals surface area contributed by atoms with Gasteiger partial charge in [0.1, 0.15) is 36.1 Å². The Morgan fingerprint density at radius 2 is 1.95 bits per heavy atom. The van der Waals surface area contributed by atoms with Crippen LogP contribution in [0, 0.1) is 17.1 Å². The number of aromatic nitrogens is 1. The molecule has 2 N–H and O–H groups in total. The van der Waals surface area contributed by atoms with Gasteiger partial charge in [-0.25, -0.2) is 4.39 Å². The van der Waals surface area contributed by atoms with Gasteiger partial charge in [0.05, 0.1) is 17.2 Å². The Hall–Kier alpha value is -3.96. The van der Waals surface area contributed by atoms with Crippen molar-refractivity contribution in [2.24, 2.45) is 0 Å². The number of nitrogens with one attached hydrogen (secondary N) is 1. The van der Waals surface area contributed by atoms with Gasteiger partial charge in [-0.3, -0.25) is 4.98 Å². The molecule has 0 saturated carbocycles. The molecule has 1 aliphatic rings. The van der Waals surface area contributed by atoms with Crippen molar-refractivity contribution in [1.29, 1.82) is 5.26 Å². The van der Waals surface area contributed by atoms with E-state index in [4.69, 9.17) is 21.1 Å². The Bertz CT molecular complexity index is 1560. The number of nitrogens with zero attached hydrogens (tertiary/aromatic N) is 2. The second kappa shape index (κ2) is 12.5. The number of fused-ring (bicyclic) bond motifs is 1. The first-order valence-electron chi connectivity index (χ1n) is 13.1. The Kier molecular flexibility index (Phi) is 8.61. The SMILES string of the molecule is C[C@H](CO)NCc1cc(Cl)c(OC2CCc3c(-c4ccccc4F)cccc32)cc1OCc1cncc(C#N)c1. The molecule has 1 unspecified atom stereocenters. The maximum atomic E-state index is 14.6. The molecule has 1 aromatic heterocycles. The lowest BCUT2D eigenvalue weighted by Crippen LogP contribution is -2.28. The smallest absolute Gasteiger partial charge is 0.142 e. The van der Waals surface area contributed by atoms with Gasteiger partial charge in [-0.1, -0.05) is 48.0 Å². The summed E-state index contributed by atoms with van der Waals surface area (Å²) in [5, 5.41) is 22.3. The number of aliphatic hydroxyl groups excluding tert-OH is 1. The van der Waals surface area contributed by atoms with Crippen molar-refractivity contribution in [3.8, 4) is 28.7 Å². The molecular weight excluding hydrogens is 529 g/mol. The molecule has 0 radical (unpaired) electrons. The molecule has 204 valence electrons. The second-order valence-electron chi connectivity index (χ2n) is 9.84. The highest BCUT2D eigenvalue weighted by Crippen LogP contribution is 2.43. The van der Waals surface area contributed by atoms with E-state index in [2.05, 4.69) is 16.4 Å². The molecule has 0 bridgehead atoms. The van der Waals surface area contributed by atoms with E-state index >= 15 is 0 Å². The Labute approximate surface area is 238 Å². The van der Waals surface area contributed by atoms with Crippen LogP contribution in [0.3, 0.4) is 0 Å². The van der Waals surface area contributed by atoms with E-state index in [9.17, 15) is 14.8 Å². The van der Waals surface area contributed by atoms with Crippen LogP contribution in [0.5, 0.6) is 11.5 Å². The van der Waals surface area contributed by atoms with Crippen molar-refractivity contribution in [2.75, 3.05) is 6.61 Å². The standard InChI is InChI=1S/C32H29ClFN3O3/c1-20(18-38)37-17-23-12-28(33)32(13-31(23)39-19-22-11-21(14-35)15-36-16-22)40-30-10-9-25-24(6-4-7-27(25)30)26-5-2-3-8-29(26)34/h2-8,11-13,15-16,20,30,37-38H,9-10,17-19H2,1H3/t20-,30?/m1/s1. The Balaban J connectivity index is 1.42. The molecule has 0 saturated heterocycles. The van der Waals surface area contributed by atoms with Crippen LogP contribution in [-0.4, -0.2) is 22.7 Å². The predicted octanol–water partition coefficient (Wildman–Crippen LogP) is 6.53. The lowest BCUT2D eigenvalue weighted by atomic mass is 9.96. The van der Waals surface area contributed by atoms with Crippen LogP contribution in [0.25, 0.3) is 11.1 Å². The number of hydrogen-bond donors (Lipinski definition) is 2. The van der Waals surface area contributed by atoms with E-state index in [0.29, 0.717) is 34.2 Å². The average Bonchev–Trinajstić information content (AvgIpc) is 3.39. The average molecular weight is 558 g/mol. The third-order valence-corrected chi connectivity index (χ3v) is 7.29. The lowest BCUT2D eigenvalue weighted by Gasteiger charge is -2.20. The first kappa shape index (κ1) is 27.6. The van der Waals surface area contributed by atoms with E-state index in [0.717, 1.165) is 40.7 Å². The Morgan fingerprint density at radius 1 is 1.12 bits per heavy atom. The summed E-state index contributed by atoms with van der Waals surface area (Å²) in [5.74, 6) is 0.798. The van der Waals surface area contributed by atoms with Crippen LogP contribution in [-0.2, 0) is 19.6 Å². The van der Waals surface area contributed by atoms with Crippen LogP contribution in [0.15, 0.2) is 73.1 Å². The fourth-order valence-corrected chi connectivity index (χ4v) is 5.13. The minimum atomic E-state index is -0.250. The van der Waals surface area contributed by atoms with Gasteiger partial charge in [0.15, 0.2) is 0 Å². The molecule has 4 aromatic rings. The van der Waals surface area contributed by atoms with E-state index in [-0.39, 0.29) is 31.2 Å². The molecular formula is C32H29ClFN3O3. The molecule has 0 aliphatic heterocycles. The molecule has 2 atom stereocenters. The zero-order valence-electron chi connectivity index (χ0n) is 22.0. The summed E-state index contributed by atoms with van der Waals surface area (Å²) >= 11 is 6.71. The monoisotopic (exact) mass is 557 g/mol. The minimum absolute atomic E-state index is 0.00625. The molecule has 1 heterocycles. The molecule has 0 fully saturated rings. The zero-order chi connectivity index (χ0) is 28.1. The van der Waals surface area contributed by atoms with E-state index in [1.807, 2.05) is 31.2 Å². The Morgan fingerprint density at radius 3 is 2.75 bits per heavy atom. The van der Waals surface area contributed by atoms with Crippen molar-refractivity contribution in [2.45, 2.75) is 45.1 Å². The highest BCUT2D eigenvalue weighted by Gasteiger charge is 2.28. The fourth-order valence-electron chi connectivity index (χ4n) is 4.90. The molecule has 0 amide bonds. The van der Waals surface area contributed by atoms with Gasteiger partial charge < -0.3 is 19.9 Å². The minimum Gasteiger partial charge on any atom is -0.488 e. The fraction of sp³-hybridized carbons (Fsp3) is 0.250. The molecule has 0 spiro atoms. The van der Waals surface area contributed by atoms with E-state index < -0.39 is 0 Å². The van der Waals surface area contributed by atoms with Crippen LogP contribution < -0.4 is 14.8 Å². The van der Waals surface area contributed by atoms with Gasteiger partial charge in [0, 0.05) is 47.7 Å². The number of pyridine rings is 1. The molecule has 1 aliphatic carbocycles. The van der Waals surface area contributed by atoms with Gasteiger partial charge in [-0.05, 0) is 54.7 Å². The quantitative estimate of drug-likeness (QED) is 0.230. The van der Waals surface area contributed by atoms with Gasteiger partial charge in [0.2, 0.25) is 0 Å². The van der Waals surface area contributed by atoms with Gasteiger partial charge in [0.25, 0.3) is 0 Å². The predicted molar refractivity (Wildman–Crippen MR) is 152 cm³/mol. The van der Waals surface area contributed by atoms with Crippen molar-refractivity contribution in [3.05, 3.63) is 112 Å². The van der Waals surface area contributed by atoms with Crippen LogP contribution in [0.1, 0.15) is 47.3 Å². The zero-order valence-corrected chi connectivity index (χ0v) is 22.8. The number of benzene rings is 3. The topological polar surface area (TPSA) is 87.4 Å². The van der Waals surface area contributed by atoms with Crippen molar-refractivity contribution >= 4 is 11.6 Å². The van der Waals surface area contributed by atoms with Crippen molar-refractivity contribution < 1.29 is 19.0 Å². The number of rotatable bonds is 10. The van der Waals surface area contributed by atoms with Crippen molar-refractivity contribution in [3.63, 3.8) is 0 Å². The highest BCUT2D eigenvalue weighted by molar-refractivity contribution is 6.32. The summed E-state index contributed by atoms with van der Waals surface area (Å²) < 4.78 is 27.2. The number of hydrogen-bond acceptors (Lipinski definition) is 6. The second-order valence-corrected chi connectivity index (χ2v) is 10.2. The third kappa shape index (κ3) is 6.10. The molecule has 3 aromatic carbocycles. The summed E-state index contributed by atoms with van der Waals surface area (Å²) in [5.41, 5.74) is 5.56. The summed E-state index contributed by atoms with van der Waals surface area (Å²) in [6.07, 6.45) is 4.40. The summed E-state index contributed by atoms with van der Waals surface area (Å²) in [7, 11) is 0. The highest BCUT2D eigenvalue weighted by atomic mass is 35.5. The number of aliphatic hydroxyl groups is 1. The number of halogens is 2. The normalized spacial score (nSPS) is 14.8. The maximum Gasteiger partial charge on any atom is 0.142 e. The summed E-state index contributed by atoms with van der Waals surface area (Å²) in [4.78, 5) is 4.10. The first-order valence-corrected chi connectivity index (χ1v) is 13.5. The first-order chi connectivity index (χ1) is 19.5. The van der Waals surface area contributed by atoms with Crippen LogP contribution in [0.4, 0.5) is 4.39 Å². The van der Waals surface area contributed by atoms with Crippen LogP contribution >= 0.6 is 11.6 Å². The number of ether oxygens (including phenoxy) is 2. The van der Waals surface area contributed by atoms with Crippen molar-refractivity contribution in [1.82, 2.24) is 10.3 Å².